The first-order valence-electron chi connectivity index (χ1n) is 13.1. The molecule has 4 amide bonds. The summed E-state index contributed by atoms with van der Waals surface area (Å²) < 4.78 is 0. The van der Waals surface area contributed by atoms with Crippen molar-refractivity contribution in [3.8, 4) is 0 Å². The summed E-state index contributed by atoms with van der Waals surface area (Å²) in [7, 11) is 1.68. The average Bonchev–Trinajstić information content (AvgIpc) is 2.90. The molecule has 0 spiro atoms. The Bertz CT molecular complexity index is 1070. The van der Waals surface area contributed by atoms with E-state index in [1.165, 1.54) is 24.2 Å². The van der Waals surface area contributed by atoms with Gasteiger partial charge in [0, 0.05) is 25.0 Å². The molecule has 2 aromatic rings. The number of hydrogen-bond acceptors (Lipinski definition) is 5. The van der Waals surface area contributed by atoms with Gasteiger partial charge in [-0.2, -0.15) is 0 Å². The number of nitrogen functional groups attached to an aromatic ring is 1. The lowest BCUT2D eigenvalue weighted by molar-refractivity contribution is -0.156. The largest absolute Gasteiger partial charge is 0.384 e. The van der Waals surface area contributed by atoms with Gasteiger partial charge in [-0.3, -0.25) is 14.5 Å². The Labute approximate surface area is 213 Å². The Morgan fingerprint density at radius 3 is 2.56 bits per heavy atom. The van der Waals surface area contributed by atoms with Crippen molar-refractivity contribution in [2.75, 3.05) is 17.7 Å². The molecule has 1 saturated carbocycles. The molecule has 1 aliphatic carbocycles. The maximum Gasteiger partial charge on any atom is 0.325 e. The molecular weight excluding hydrogens is 454 g/mol. The SMILES string of the molecule is CCC[C@@H](NC(=O)N1C(=O)C(Cc2ccnc(N)c2)[C@H]1C(=O)N(C)c1ccccc1)C1CCCCC1. The number of para-hydroxylation sites is 1. The number of β-lactam (4-membered cyclic amide) rings is 1. The third-order valence-electron chi connectivity index (χ3n) is 7.59. The number of imide groups is 1. The summed E-state index contributed by atoms with van der Waals surface area (Å²) in [6.45, 7) is 2.11. The first-order chi connectivity index (χ1) is 17.4. The quantitative estimate of drug-likeness (QED) is 0.539. The molecule has 4 rings (SSSR count). The van der Waals surface area contributed by atoms with Gasteiger partial charge in [0.25, 0.3) is 5.91 Å². The second-order valence-electron chi connectivity index (χ2n) is 10.0. The van der Waals surface area contributed by atoms with Gasteiger partial charge in [0.1, 0.15) is 11.9 Å². The van der Waals surface area contributed by atoms with Gasteiger partial charge < -0.3 is 16.0 Å². The molecule has 3 atom stereocenters. The molecule has 1 unspecified atom stereocenters. The van der Waals surface area contributed by atoms with E-state index in [9.17, 15) is 14.4 Å². The number of nitrogens with zero attached hydrogens (tertiary/aromatic N) is 3. The summed E-state index contributed by atoms with van der Waals surface area (Å²) in [5.41, 5.74) is 7.35. The van der Waals surface area contributed by atoms with Gasteiger partial charge in [-0.25, -0.2) is 9.78 Å². The number of benzene rings is 1. The van der Waals surface area contributed by atoms with Crippen molar-refractivity contribution in [1.29, 1.82) is 0 Å². The summed E-state index contributed by atoms with van der Waals surface area (Å²) in [5.74, 6) is -0.492. The monoisotopic (exact) mass is 491 g/mol. The van der Waals surface area contributed by atoms with Crippen LogP contribution in [0.25, 0.3) is 0 Å². The van der Waals surface area contributed by atoms with Crippen LogP contribution in [0.4, 0.5) is 16.3 Å². The van der Waals surface area contributed by atoms with Crippen LogP contribution in [0, 0.1) is 11.8 Å². The van der Waals surface area contributed by atoms with Gasteiger partial charge in [-0.05, 0) is 61.4 Å². The minimum atomic E-state index is -0.884. The Kier molecular flexibility index (Phi) is 8.23. The zero-order chi connectivity index (χ0) is 25.7. The molecule has 1 saturated heterocycles. The summed E-state index contributed by atoms with van der Waals surface area (Å²) in [5, 5.41) is 3.14. The van der Waals surface area contributed by atoms with Crippen LogP contribution in [0.15, 0.2) is 48.7 Å². The van der Waals surface area contributed by atoms with E-state index in [0.717, 1.165) is 36.1 Å². The van der Waals surface area contributed by atoms with E-state index in [1.54, 1.807) is 25.4 Å². The van der Waals surface area contributed by atoms with Crippen molar-refractivity contribution in [1.82, 2.24) is 15.2 Å². The highest BCUT2D eigenvalue weighted by atomic mass is 16.2. The predicted octanol–water partition coefficient (Wildman–Crippen LogP) is 4.15. The molecule has 192 valence electrons. The van der Waals surface area contributed by atoms with Crippen molar-refractivity contribution in [3.05, 3.63) is 54.2 Å². The van der Waals surface area contributed by atoms with E-state index in [1.807, 2.05) is 30.3 Å². The fourth-order valence-electron chi connectivity index (χ4n) is 5.61. The Balaban J connectivity index is 1.56. The van der Waals surface area contributed by atoms with Gasteiger partial charge in [0.15, 0.2) is 0 Å². The van der Waals surface area contributed by atoms with E-state index in [-0.39, 0.29) is 17.9 Å². The highest BCUT2D eigenvalue weighted by molar-refractivity contribution is 6.12. The van der Waals surface area contributed by atoms with E-state index in [4.69, 9.17) is 5.73 Å². The van der Waals surface area contributed by atoms with Crippen molar-refractivity contribution in [2.45, 2.75) is 70.4 Å². The zero-order valence-electron chi connectivity index (χ0n) is 21.2. The number of urea groups is 1. The Hall–Kier alpha value is -3.42. The number of pyridine rings is 1. The molecule has 1 aromatic heterocycles. The lowest BCUT2D eigenvalue weighted by Gasteiger charge is -2.46. The van der Waals surface area contributed by atoms with Crippen LogP contribution in [-0.2, 0) is 16.0 Å². The van der Waals surface area contributed by atoms with Crippen LogP contribution in [0.2, 0.25) is 0 Å². The van der Waals surface area contributed by atoms with Gasteiger partial charge in [0.2, 0.25) is 5.91 Å². The van der Waals surface area contributed by atoms with Gasteiger partial charge in [-0.15, -0.1) is 0 Å². The highest BCUT2D eigenvalue weighted by Gasteiger charge is 2.55. The van der Waals surface area contributed by atoms with Crippen LogP contribution >= 0.6 is 0 Å². The van der Waals surface area contributed by atoms with Gasteiger partial charge in [0.05, 0.1) is 5.92 Å². The standard InChI is InChI=1S/C28H37N5O3/c1-3-10-23(20-11-6-4-7-12-20)31-28(36)33-25(27(35)32(2)21-13-8-5-9-14-21)22(26(33)34)17-19-15-16-30-24(29)18-19/h5,8-9,13-16,18,20,22-23,25H,3-4,6-7,10-12,17H2,1-2H3,(H2,29,30)(H,31,36)/t22?,23-,25+/m1/s1. The number of hydrogen-bond donors (Lipinski definition) is 2. The molecule has 0 radical (unpaired) electrons. The molecular formula is C28H37N5O3. The normalized spacial score (nSPS) is 20.9. The number of carbonyl (C=O) groups is 3. The molecule has 2 aliphatic rings. The van der Waals surface area contributed by atoms with Crippen LogP contribution < -0.4 is 16.0 Å². The van der Waals surface area contributed by atoms with Crippen molar-refractivity contribution in [2.24, 2.45) is 11.8 Å². The number of anilines is 2. The summed E-state index contributed by atoms with van der Waals surface area (Å²) >= 11 is 0. The zero-order valence-corrected chi connectivity index (χ0v) is 21.2. The number of nitrogens with one attached hydrogen (secondary N) is 1. The lowest BCUT2D eigenvalue weighted by atomic mass is 9.81. The maximum atomic E-state index is 13.7. The van der Waals surface area contributed by atoms with Crippen molar-refractivity contribution >= 4 is 29.4 Å². The number of aromatic nitrogens is 1. The number of likely N-dealkylation sites (N-methyl/N-ethyl adjacent to an activating group) is 1. The van der Waals surface area contributed by atoms with Crippen LogP contribution in [0.3, 0.4) is 0 Å². The minimum absolute atomic E-state index is 0.0113. The first-order valence-corrected chi connectivity index (χ1v) is 13.1. The molecule has 36 heavy (non-hydrogen) atoms. The molecule has 8 nitrogen and oxygen atoms in total. The molecule has 8 heteroatoms. The number of nitrogens with two attached hydrogens (primary N) is 1. The van der Waals surface area contributed by atoms with E-state index in [2.05, 4.69) is 17.2 Å². The summed E-state index contributed by atoms with van der Waals surface area (Å²) in [6, 6.07) is 11.4. The minimum Gasteiger partial charge on any atom is -0.384 e. The first kappa shape index (κ1) is 25.7. The molecule has 1 aliphatic heterocycles. The lowest BCUT2D eigenvalue weighted by Crippen LogP contribution is -2.71. The number of carbonyl (C=O) groups excluding carboxylic acids is 3. The van der Waals surface area contributed by atoms with E-state index in [0.29, 0.717) is 23.8 Å². The third kappa shape index (κ3) is 5.53. The highest BCUT2D eigenvalue weighted by Crippen LogP contribution is 2.34. The number of amides is 4. The fourth-order valence-corrected chi connectivity index (χ4v) is 5.61. The van der Waals surface area contributed by atoms with Gasteiger partial charge >= 0.3 is 6.03 Å². The predicted molar refractivity (Wildman–Crippen MR) is 140 cm³/mol. The van der Waals surface area contributed by atoms with E-state index < -0.39 is 18.0 Å². The fraction of sp³-hybridized carbons (Fsp3) is 0.500. The molecule has 1 aromatic carbocycles. The second-order valence-corrected chi connectivity index (χ2v) is 10.0. The maximum absolute atomic E-state index is 13.7. The van der Waals surface area contributed by atoms with Crippen molar-refractivity contribution < 1.29 is 14.4 Å². The third-order valence-corrected chi connectivity index (χ3v) is 7.59. The second kappa shape index (κ2) is 11.5. The number of likely N-dealkylation sites (tertiary alicyclic amines) is 1. The molecule has 2 fully saturated rings. The summed E-state index contributed by atoms with van der Waals surface area (Å²) in [4.78, 5) is 47.2. The van der Waals surface area contributed by atoms with Crippen LogP contribution in [-0.4, -0.2) is 46.9 Å². The topological polar surface area (TPSA) is 109 Å². The number of rotatable bonds is 8. The Morgan fingerprint density at radius 1 is 1.17 bits per heavy atom. The van der Waals surface area contributed by atoms with Crippen LogP contribution in [0.1, 0.15) is 57.4 Å². The van der Waals surface area contributed by atoms with E-state index >= 15 is 0 Å². The van der Waals surface area contributed by atoms with Crippen molar-refractivity contribution in [3.63, 3.8) is 0 Å². The van der Waals surface area contributed by atoms with Gasteiger partial charge in [-0.1, -0.05) is 50.8 Å². The summed E-state index contributed by atoms with van der Waals surface area (Å²) in [6.07, 6.45) is 9.46. The van der Waals surface area contributed by atoms with Crippen LogP contribution in [0.5, 0.6) is 0 Å². The average molecular weight is 492 g/mol. The molecule has 3 N–H and O–H groups in total. The molecule has 0 bridgehead atoms. The smallest absolute Gasteiger partial charge is 0.325 e. The molecule has 2 heterocycles. The Morgan fingerprint density at radius 2 is 1.89 bits per heavy atom.